The SMILES string of the molecule is CCOc1ccccc1-c1csc(NC(=O)CN(C)C(=O)OC(C)(C)C)n1. The van der Waals surface area contributed by atoms with Crippen LogP contribution in [-0.2, 0) is 9.53 Å². The van der Waals surface area contributed by atoms with Crippen LogP contribution < -0.4 is 10.1 Å². The summed E-state index contributed by atoms with van der Waals surface area (Å²) in [6, 6.07) is 7.61. The summed E-state index contributed by atoms with van der Waals surface area (Å²) in [5.74, 6) is 0.398. The number of thiazole rings is 1. The molecule has 1 aromatic carbocycles. The van der Waals surface area contributed by atoms with Gasteiger partial charge in [0.2, 0.25) is 5.91 Å². The minimum Gasteiger partial charge on any atom is -0.493 e. The highest BCUT2D eigenvalue weighted by Crippen LogP contribution is 2.32. The zero-order chi connectivity index (χ0) is 20.0. The first-order valence-electron chi connectivity index (χ1n) is 8.61. The highest BCUT2D eigenvalue weighted by molar-refractivity contribution is 7.14. The maximum atomic E-state index is 12.2. The molecule has 0 saturated heterocycles. The third kappa shape index (κ3) is 6.25. The first kappa shape index (κ1) is 20.7. The van der Waals surface area contributed by atoms with E-state index < -0.39 is 11.7 Å². The average Bonchev–Trinajstić information content (AvgIpc) is 3.02. The van der Waals surface area contributed by atoms with Crippen molar-refractivity contribution in [2.75, 3.05) is 25.5 Å². The summed E-state index contributed by atoms with van der Waals surface area (Å²) < 4.78 is 10.8. The van der Waals surface area contributed by atoms with Crippen molar-refractivity contribution in [3.05, 3.63) is 29.6 Å². The summed E-state index contributed by atoms with van der Waals surface area (Å²) in [7, 11) is 1.51. The molecule has 0 aliphatic rings. The van der Waals surface area contributed by atoms with Gasteiger partial charge in [0.15, 0.2) is 5.13 Å². The van der Waals surface area contributed by atoms with Crippen LogP contribution in [0.3, 0.4) is 0 Å². The summed E-state index contributed by atoms with van der Waals surface area (Å²) in [6.45, 7) is 7.67. The number of hydrogen-bond acceptors (Lipinski definition) is 6. The van der Waals surface area contributed by atoms with Gasteiger partial charge in [0.1, 0.15) is 17.9 Å². The highest BCUT2D eigenvalue weighted by atomic mass is 32.1. The molecule has 0 aliphatic carbocycles. The van der Waals surface area contributed by atoms with E-state index in [1.165, 1.54) is 23.3 Å². The molecule has 8 heteroatoms. The number of anilines is 1. The van der Waals surface area contributed by atoms with E-state index in [1.807, 2.05) is 36.6 Å². The third-order valence-corrected chi connectivity index (χ3v) is 4.06. The fourth-order valence-corrected chi connectivity index (χ4v) is 2.92. The Balaban J connectivity index is 1.99. The normalized spacial score (nSPS) is 11.0. The second-order valence-electron chi connectivity index (χ2n) is 6.85. The largest absolute Gasteiger partial charge is 0.493 e. The fourth-order valence-electron chi connectivity index (χ4n) is 2.19. The molecular weight excluding hydrogens is 366 g/mol. The Kier molecular flexibility index (Phi) is 6.79. The molecule has 2 aromatic rings. The van der Waals surface area contributed by atoms with E-state index in [0.717, 1.165) is 17.0 Å². The fraction of sp³-hybridized carbons (Fsp3) is 0.421. The molecule has 0 radical (unpaired) electrons. The van der Waals surface area contributed by atoms with E-state index in [0.29, 0.717) is 11.7 Å². The quantitative estimate of drug-likeness (QED) is 0.804. The lowest BCUT2D eigenvalue weighted by molar-refractivity contribution is -0.117. The number of rotatable bonds is 6. The van der Waals surface area contributed by atoms with Gasteiger partial charge in [-0.1, -0.05) is 12.1 Å². The number of ether oxygens (including phenoxy) is 2. The number of nitrogens with zero attached hydrogens (tertiary/aromatic N) is 2. The standard InChI is InChI=1S/C19H25N3O4S/c1-6-25-15-10-8-7-9-13(15)14-12-27-17(20-14)21-16(23)11-22(5)18(24)26-19(2,3)4/h7-10,12H,6,11H2,1-5H3,(H,20,21,23). The minimum absolute atomic E-state index is 0.126. The van der Waals surface area contributed by atoms with Crippen LogP contribution in [0.4, 0.5) is 9.93 Å². The van der Waals surface area contributed by atoms with Gasteiger partial charge in [-0.25, -0.2) is 9.78 Å². The molecule has 1 heterocycles. The molecule has 7 nitrogen and oxygen atoms in total. The predicted octanol–water partition coefficient (Wildman–Crippen LogP) is 4.01. The highest BCUT2D eigenvalue weighted by Gasteiger charge is 2.21. The molecule has 0 bridgehead atoms. The Morgan fingerprint density at radius 3 is 2.63 bits per heavy atom. The number of aromatic nitrogens is 1. The van der Waals surface area contributed by atoms with Crippen LogP contribution in [0.15, 0.2) is 29.6 Å². The molecule has 27 heavy (non-hydrogen) atoms. The smallest absolute Gasteiger partial charge is 0.410 e. The number of benzene rings is 1. The second-order valence-corrected chi connectivity index (χ2v) is 7.71. The monoisotopic (exact) mass is 391 g/mol. The Bertz CT molecular complexity index is 798. The number of likely N-dealkylation sites (N-methyl/N-ethyl adjacent to an activating group) is 1. The van der Waals surface area contributed by atoms with Crippen molar-refractivity contribution >= 4 is 28.5 Å². The maximum absolute atomic E-state index is 12.2. The predicted molar refractivity (Wildman–Crippen MR) is 106 cm³/mol. The van der Waals surface area contributed by atoms with Gasteiger partial charge in [-0.2, -0.15) is 0 Å². The van der Waals surface area contributed by atoms with Crippen molar-refractivity contribution < 1.29 is 19.1 Å². The average molecular weight is 391 g/mol. The maximum Gasteiger partial charge on any atom is 0.410 e. The molecule has 1 aromatic heterocycles. The summed E-state index contributed by atoms with van der Waals surface area (Å²) in [4.78, 5) is 29.8. The van der Waals surface area contributed by atoms with Gasteiger partial charge in [0.25, 0.3) is 0 Å². The number of para-hydroxylation sites is 1. The lowest BCUT2D eigenvalue weighted by Gasteiger charge is -2.24. The summed E-state index contributed by atoms with van der Waals surface area (Å²) in [6.07, 6.45) is -0.553. The lowest BCUT2D eigenvalue weighted by atomic mass is 10.1. The molecule has 0 atom stereocenters. The van der Waals surface area contributed by atoms with Crippen molar-refractivity contribution in [1.29, 1.82) is 0 Å². The molecule has 0 unspecified atom stereocenters. The van der Waals surface area contributed by atoms with Crippen molar-refractivity contribution in [3.63, 3.8) is 0 Å². The van der Waals surface area contributed by atoms with Crippen LogP contribution in [0.2, 0.25) is 0 Å². The molecule has 0 fully saturated rings. The van der Waals surface area contributed by atoms with Crippen LogP contribution in [0.1, 0.15) is 27.7 Å². The van der Waals surface area contributed by atoms with Gasteiger partial charge >= 0.3 is 6.09 Å². The Morgan fingerprint density at radius 2 is 1.96 bits per heavy atom. The summed E-state index contributed by atoms with van der Waals surface area (Å²) in [5.41, 5.74) is 0.974. The zero-order valence-electron chi connectivity index (χ0n) is 16.2. The topological polar surface area (TPSA) is 80.8 Å². The second kappa shape index (κ2) is 8.85. The molecule has 0 saturated carbocycles. The number of nitrogens with one attached hydrogen (secondary N) is 1. The molecular formula is C19H25N3O4S. The minimum atomic E-state index is -0.611. The van der Waals surface area contributed by atoms with Gasteiger partial charge in [0, 0.05) is 18.0 Å². The van der Waals surface area contributed by atoms with E-state index in [9.17, 15) is 9.59 Å². The van der Waals surface area contributed by atoms with Crippen molar-refractivity contribution in [2.45, 2.75) is 33.3 Å². The Labute approximate surface area is 163 Å². The lowest BCUT2D eigenvalue weighted by Crippen LogP contribution is -2.38. The van der Waals surface area contributed by atoms with Crippen LogP contribution in [0, 0.1) is 0 Å². The summed E-state index contributed by atoms with van der Waals surface area (Å²) in [5, 5.41) is 5.02. The van der Waals surface area contributed by atoms with Gasteiger partial charge in [-0.05, 0) is 39.8 Å². The van der Waals surface area contributed by atoms with E-state index in [-0.39, 0.29) is 12.5 Å². The zero-order valence-corrected chi connectivity index (χ0v) is 17.1. The molecule has 0 spiro atoms. The van der Waals surface area contributed by atoms with Gasteiger partial charge in [0.05, 0.1) is 12.3 Å². The van der Waals surface area contributed by atoms with E-state index in [2.05, 4.69) is 10.3 Å². The van der Waals surface area contributed by atoms with Crippen LogP contribution in [0.5, 0.6) is 5.75 Å². The number of carbonyl (C=O) groups excluding carboxylic acids is 2. The van der Waals surface area contributed by atoms with Gasteiger partial charge in [-0.3, -0.25) is 4.79 Å². The van der Waals surface area contributed by atoms with Crippen LogP contribution in [-0.4, -0.2) is 47.7 Å². The number of hydrogen-bond donors (Lipinski definition) is 1. The third-order valence-electron chi connectivity index (χ3n) is 3.30. The molecule has 1 N–H and O–H groups in total. The number of carbonyl (C=O) groups is 2. The molecule has 0 aliphatic heterocycles. The number of amides is 2. The first-order chi connectivity index (χ1) is 12.7. The molecule has 2 amide bonds. The van der Waals surface area contributed by atoms with Crippen LogP contribution in [0.25, 0.3) is 11.3 Å². The molecule has 146 valence electrons. The van der Waals surface area contributed by atoms with Crippen molar-refractivity contribution in [3.8, 4) is 17.0 Å². The van der Waals surface area contributed by atoms with Gasteiger partial charge < -0.3 is 19.7 Å². The van der Waals surface area contributed by atoms with E-state index in [4.69, 9.17) is 9.47 Å². The molecule has 2 rings (SSSR count). The Morgan fingerprint density at radius 1 is 1.26 bits per heavy atom. The van der Waals surface area contributed by atoms with Gasteiger partial charge in [-0.15, -0.1) is 11.3 Å². The first-order valence-corrected chi connectivity index (χ1v) is 9.49. The Hall–Kier alpha value is -2.61. The van der Waals surface area contributed by atoms with Crippen molar-refractivity contribution in [1.82, 2.24) is 9.88 Å². The summed E-state index contributed by atoms with van der Waals surface area (Å²) >= 11 is 1.31. The van der Waals surface area contributed by atoms with Crippen molar-refractivity contribution in [2.24, 2.45) is 0 Å². The van der Waals surface area contributed by atoms with E-state index in [1.54, 1.807) is 20.8 Å². The van der Waals surface area contributed by atoms with Crippen LogP contribution >= 0.6 is 11.3 Å². The van der Waals surface area contributed by atoms with E-state index >= 15 is 0 Å².